The van der Waals surface area contributed by atoms with E-state index >= 15 is 0 Å². The molecule has 5 unspecified atom stereocenters. The largest absolute Gasteiger partial charge is 0.459 e. The van der Waals surface area contributed by atoms with Crippen molar-refractivity contribution in [3.63, 3.8) is 0 Å². The number of fused-ring (bicyclic) bond motifs is 5. The minimum Gasteiger partial charge on any atom is -0.459 e. The Morgan fingerprint density at radius 3 is 2.26 bits per heavy atom. The van der Waals surface area contributed by atoms with E-state index in [2.05, 4.69) is 34.6 Å². The summed E-state index contributed by atoms with van der Waals surface area (Å²) in [5.41, 5.74) is 0.0514. The molecule has 192 valence electrons. The summed E-state index contributed by atoms with van der Waals surface area (Å²) in [4.78, 5) is 15.5. The molecule has 2 aromatic heterocycles. The molecule has 0 radical (unpaired) electrons. The second-order valence-electron chi connectivity index (χ2n) is 11.2. The molecule has 0 aromatic carbocycles. The second-order valence-corrected chi connectivity index (χ2v) is 12.8. The smallest absolute Gasteiger partial charge is 0.349 e. The lowest BCUT2D eigenvalue weighted by Crippen LogP contribution is -2.69. The van der Waals surface area contributed by atoms with Crippen LogP contribution in [0.1, 0.15) is 78.0 Å². The highest BCUT2D eigenvalue weighted by Gasteiger charge is 2.87. The maximum atomic E-state index is 14.4. The average molecular weight is 522 g/mol. The highest BCUT2D eigenvalue weighted by atomic mass is 32.1. The van der Waals surface area contributed by atoms with Crippen LogP contribution in [0.2, 0.25) is 0 Å². The van der Waals surface area contributed by atoms with Crippen molar-refractivity contribution >= 4 is 28.6 Å². The van der Waals surface area contributed by atoms with Gasteiger partial charge >= 0.3 is 5.97 Å². The Morgan fingerprint density at radius 1 is 1.20 bits per heavy atom. The van der Waals surface area contributed by atoms with E-state index in [0.717, 1.165) is 33.5 Å². The number of esters is 1. The molecule has 0 saturated carbocycles. The first kappa shape index (κ1) is 21.8. The number of carbonyl (C=O) groups is 1. The zero-order valence-electron chi connectivity index (χ0n) is 25.3. The van der Waals surface area contributed by atoms with Crippen LogP contribution in [-0.4, -0.2) is 59.5 Å². The van der Waals surface area contributed by atoms with E-state index < -0.39 is 11.6 Å². The number of methoxy groups -OCH3 is 1. The Morgan fingerprint density at radius 2 is 1.83 bits per heavy atom. The molecule has 0 amide bonds. The Labute approximate surface area is 222 Å². The van der Waals surface area contributed by atoms with Crippen LogP contribution in [0.15, 0.2) is 16.8 Å². The van der Waals surface area contributed by atoms with Gasteiger partial charge in [0.2, 0.25) is 5.60 Å². The third-order valence-corrected chi connectivity index (χ3v) is 11.9. The number of quaternary nitrogens is 1. The monoisotopic (exact) mass is 521 g/mol. The summed E-state index contributed by atoms with van der Waals surface area (Å²) >= 11 is 2.29. The summed E-state index contributed by atoms with van der Waals surface area (Å²) in [5.74, 6) is -0.524. The third-order valence-electron chi connectivity index (χ3n) is 9.73. The molecule has 35 heavy (non-hydrogen) atoms. The van der Waals surface area contributed by atoms with Crippen molar-refractivity contribution < 1.29 is 27.6 Å². The van der Waals surface area contributed by atoms with Gasteiger partial charge in [0.15, 0.2) is 11.2 Å². The van der Waals surface area contributed by atoms with Gasteiger partial charge in [-0.2, -0.15) is 0 Å². The zero-order chi connectivity index (χ0) is 28.2. The minimum absolute atomic E-state index is 0.0829. The van der Waals surface area contributed by atoms with E-state index in [-0.39, 0.29) is 40.8 Å². The molecule has 2 bridgehead atoms. The molecule has 3 saturated heterocycles. The SMILES string of the molecule is [2H]c1sc(C(OC)(C(=O)OC2CC3C4(C)OC4(C)C(C2)[N+]3(CC)C(C)C)c2sc([2H])c(C)c2C)c(C)c1[2H]. The van der Waals surface area contributed by atoms with E-state index in [4.69, 9.17) is 18.3 Å². The third kappa shape index (κ3) is 3.05. The van der Waals surface area contributed by atoms with Crippen LogP contribution in [-0.2, 0) is 24.6 Å². The molecule has 3 aliphatic heterocycles. The Bertz CT molecular complexity index is 1230. The summed E-state index contributed by atoms with van der Waals surface area (Å²) < 4.78 is 45.1. The number of hydrogen-bond donors (Lipinski definition) is 0. The number of hydrogen-bond acceptors (Lipinski definition) is 6. The Hall–Kier alpha value is -1.25. The van der Waals surface area contributed by atoms with E-state index in [9.17, 15) is 4.79 Å². The molecular weight excluding hydrogens is 478 g/mol. The summed E-state index contributed by atoms with van der Waals surface area (Å²) in [7, 11) is 1.49. The molecule has 5 atom stereocenters. The van der Waals surface area contributed by atoms with Crippen LogP contribution in [0.4, 0.5) is 0 Å². The van der Waals surface area contributed by atoms with Crippen molar-refractivity contribution in [2.75, 3.05) is 13.7 Å². The van der Waals surface area contributed by atoms with Crippen LogP contribution >= 0.6 is 22.7 Å². The van der Waals surface area contributed by atoms with Gasteiger partial charge in [-0.3, -0.25) is 0 Å². The number of likely N-dealkylation sites (N-methyl/N-ethyl adjacent to an activating group) is 1. The van der Waals surface area contributed by atoms with Crippen molar-refractivity contribution in [1.29, 1.82) is 0 Å². The topological polar surface area (TPSA) is 48.1 Å². The summed E-state index contributed by atoms with van der Waals surface area (Å²) in [6, 6.07) is 0.966. The number of epoxide rings is 1. The fourth-order valence-electron chi connectivity index (χ4n) is 7.61. The number of morpholine rings is 1. The maximum Gasteiger partial charge on any atom is 0.349 e. The van der Waals surface area contributed by atoms with Crippen LogP contribution in [0.5, 0.6) is 0 Å². The van der Waals surface area contributed by atoms with Crippen LogP contribution in [0, 0.1) is 20.8 Å². The van der Waals surface area contributed by atoms with Gasteiger partial charge in [-0.15, -0.1) is 22.7 Å². The molecule has 5 nitrogen and oxygen atoms in total. The molecule has 3 fully saturated rings. The minimum atomic E-state index is -1.62. The van der Waals surface area contributed by atoms with Gasteiger partial charge < -0.3 is 18.7 Å². The molecule has 2 aromatic rings. The predicted octanol–water partition coefficient (Wildman–Crippen LogP) is 5.87. The molecule has 0 spiro atoms. The maximum absolute atomic E-state index is 14.4. The van der Waals surface area contributed by atoms with E-state index in [1.165, 1.54) is 18.4 Å². The molecule has 7 heteroatoms. The van der Waals surface area contributed by atoms with Crippen LogP contribution in [0.25, 0.3) is 0 Å². The molecule has 0 N–H and O–H groups in total. The lowest BCUT2D eigenvalue weighted by Gasteiger charge is -2.54. The van der Waals surface area contributed by atoms with Crippen molar-refractivity contribution in [2.24, 2.45) is 0 Å². The van der Waals surface area contributed by atoms with Gasteiger partial charge in [0, 0.05) is 20.0 Å². The summed E-state index contributed by atoms with van der Waals surface area (Å²) in [6.07, 6.45) is 1.13. The normalized spacial score (nSPS) is 38.5. The van der Waals surface area contributed by atoms with Crippen LogP contribution in [0.3, 0.4) is 0 Å². The first-order chi connectivity index (χ1) is 17.7. The Kier molecular flexibility index (Phi) is 5.06. The highest BCUT2D eigenvalue weighted by Crippen LogP contribution is 2.68. The van der Waals surface area contributed by atoms with Crippen molar-refractivity contribution in [3.05, 3.63) is 43.2 Å². The lowest BCUT2D eigenvalue weighted by molar-refractivity contribution is -0.992. The Balaban J connectivity index is 1.56. The first-order valence-corrected chi connectivity index (χ1v) is 14.3. The molecule has 0 aliphatic carbocycles. The number of nitrogens with zero attached hydrogens (tertiary/aromatic N) is 1. The van der Waals surface area contributed by atoms with E-state index in [0.29, 0.717) is 39.6 Å². The summed E-state index contributed by atoms with van der Waals surface area (Å²) in [6.45, 7) is 17.8. The second kappa shape index (κ2) is 8.12. The number of ether oxygens (including phenoxy) is 3. The first-order valence-electron chi connectivity index (χ1n) is 14.1. The molecule has 5 rings (SSSR count). The highest BCUT2D eigenvalue weighted by molar-refractivity contribution is 7.12. The van der Waals surface area contributed by atoms with Crippen molar-refractivity contribution in [3.8, 4) is 0 Å². The van der Waals surface area contributed by atoms with Gasteiger partial charge in [0.05, 0.1) is 26.5 Å². The molecular formula is C28H40NO4S2+. The fourth-order valence-corrected chi connectivity index (χ4v) is 9.72. The van der Waals surface area contributed by atoms with Gasteiger partial charge in [-0.25, -0.2) is 4.79 Å². The molecule has 3 aliphatic rings. The van der Waals surface area contributed by atoms with Gasteiger partial charge in [-0.05, 0) is 88.8 Å². The van der Waals surface area contributed by atoms with Gasteiger partial charge in [0.1, 0.15) is 18.2 Å². The lowest BCUT2D eigenvalue weighted by atomic mass is 9.89. The number of piperidine rings is 1. The van der Waals surface area contributed by atoms with Crippen LogP contribution < -0.4 is 0 Å². The quantitative estimate of drug-likeness (QED) is 0.260. The number of carbonyl (C=O) groups excluding carboxylic acids is 1. The number of thiophene rings is 2. The predicted molar refractivity (Wildman–Crippen MR) is 141 cm³/mol. The standard InChI is InChI=1S/C28H40NO4S2/c1-10-29(16(2)3)21-13-20(14-22(29)27(8)26(21,7)33-27)32-25(30)28(31-9,23-17(4)11-12-34-23)24-19(6)18(5)15-35-24/h11-12,15-16,20-22H,10,13-14H2,1-9H3/q+1/i11D,12D,15D. The molecule has 5 heterocycles. The van der Waals surface area contributed by atoms with E-state index in [1.54, 1.807) is 6.92 Å². The number of rotatable bonds is 7. The van der Waals surface area contributed by atoms with Gasteiger partial charge in [0.25, 0.3) is 0 Å². The van der Waals surface area contributed by atoms with Gasteiger partial charge in [-0.1, -0.05) is 0 Å². The van der Waals surface area contributed by atoms with E-state index in [1.807, 2.05) is 13.8 Å². The zero-order valence-corrected chi connectivity index (χ0v) is 24.0. The summed E-state index contributed by atoms with van der Waals surface area (Å²) in [5, 5.41) is 0.452. The average Bonchev–Trinajstić information content (AvgIpc) is 3.20. The van der Waals surface area contributed by atoms with Crippen molar-refractivity contribution in [1.82, 2.24) is 0 Å². The fraction of sp³-hybridized carbons (Fsp3) is 0.679. The van der Waals surface area contributed by atoms with Crippen molar-refractivity contribution in [2.45, 2.75) is 109 Å².